The van der Waals surface area contributed by atoms with Gasteiger partial charge in [-0.3, -0.25) is 0 Å². The van der Waals surface area contributed by atoms with Gasteiger partial charge in [0.15, 0.2) is 6.10 Å². The van der Waals surface area contributed by atoms with E-state index in [2.05, 4.69) is 0 Å². The summed E-state index contributed by atoms with van der Waals surface area (Å²) in [5, 5.41) is 9.43. The van der Waals surface area contributed by atoms with E-state index in [0.29, 0.717) is 17.1 Å². The van der Waals surface area contributed by atoms with E-state index in [4.69, 9.17) is 8.92 Å². The summed E-state index contributed by atoms with van der Waals surface area (Å²) in [6, 6.07) is 23.9. The molecule has 0 amide bonds. The van der Waals surface area contributed by atoms with Crippen LogP contribution < -0.4 is 4.74 Å². The summed E-state index contributed by atoms with van der Waals surface area (Å²) < 4.78 is 35.8. The van der Waals surface area contributed by atoms with Crippen LogP contribution in [0.25, 0.3) is 0 Å². The Morgan fingerprint density at radius 2 is 1.56 bits per heavy atom. The lowest BCUT2D eigenvalue weighted by Gasteiger charge is -2.13. The molecule has 0 heterocycles. The van der Waals surface area contributed by atoms with Crippen LogP contribution >= 0.6 is 0 Å². The number of ether oxygens (including phenoxy) is 1. The third-order valence-electron chi connectivity index (χ3n) is 3.79. The molecule has 0 aliphatic rings. The average molecular weight is 379 g/mol. The number of nitrogens with zero attached hydrogens (tertiary/aromatic N) is 1. The molecular weight excluding hydrogens is 362 g/mol. The van der Waals surface area contributed by atoms with E-state index in [1.54, 1.807) is 48.5 Å². The second kappa shape index (κ2) is 8.04. The first-order valence-electron chi connectivity index (χ1n) is 8.20. The normalized spacial score (nSPS) is 12.1. The highest BCUT2D eigenvalue weighted by molar-refractivity contribution is 7.86. The predicted octanol–water partition coefficient (Wildman–Crippen LogP) is 4.76. The highest BCUT2D eigenvalue weighted by Crippen LogP contribution is 2.28. The van der Waals surface area contributed by atoms with Gasteiger partial charge in [0.25, 0.3) is 10.1 Å². The van der Waals surface area contributed by atoms with E-state index in [1.165, 1.54) is 12.1 Å². The van der Waals surface area contributed by atoms with Crippen LogP contribution in [0.3, 0.4) is 0 Å². The minimum atomic E-state index is -4.07. The third-order valence-corrected chi connectivity index (χ3v) is 5.08. The van der Waals surface area contributed by atoms with E-state index in [9.17, 15) is 13.7 Å². The molecule has 27 heavy (non-hydrogen) atoms. The highest BCUT2D eigenvalue weighted by Gasteiger charge is 2.23. The Bertz CT molecular complexity index is 1060. The molecule has 6 heteroatoms. The zero-order valence-corrected chi connectivity index (χ0v) is 15.4. The molecular formula is C21H17NO4S. The van der Waals surface area contributed by atoms with Gasteiger partial charge in [-0.1, -0.05) is 48.0 Å². The van der Waals surface area contributed by atoms with E-state index < -0.39 is 16.2 Å². The molecule has 3 rings (SSSR count). The van der Waals surface area contributed by atoms with Crippen LogP contribution in [0.15, 0.2) is 83.8 Å². The SMILES string of the molecule is Cc1ccc(S(=O)(=O)OC(C#N)c2cccc(Oc3ccccc3)c2)cc1. The molecule has 1 unspecified atom stereocenters. The molecule has 1 atom stereocenters. The number of aryl methyl sites for hydroxylation is 1. The quantitative estimate of drug-likeness (QED) is 0.577. The van der Waals surface area contributed by atoms with Gasteiger partial charge in [0.05, 0.1) is 4.90 Å². The predicted molar refractivity (Wildman–Crippen MR) is 101 cm³/mol. The van der Waals surface area contributed by atoms with Gasteiger partial charge >= 0.3 is 0 Å². The first-order chi connectivity index (χ1) is 13.0. The lowest BCUT2D eigenvalue weighted by atomic mass is 10.1. The van der Waals surface area contributed by atoms with Gasteiger partial charge in [-0.05, 0) is 43.3 Å². The fraction of sp³-hybridized carbons (Fsp3) is 0.0952. The van der Waals surface area contributed by atoms with Crippen molar-refractivity contribution in [3.05, 3.63) is 90.0 Å². The monoisotopic (exact) mass is 379 g/mol. The molecule has 0 N–H and O–H groups in total. The van der Waals surface area contributed by atoms with Crippen LogP contribution in [0.5, 0.6) is 11.5 Å². The van der Waals surface area contributed by atoms with E-state index in [0.717, 1.165) is 5.56 Å². The molecule has 3 aromatic carbocycles. The largest absolute Gasteiger partial charge is 0.457 e. The number of benzene rings is 3. The van der Waals surface area contributed by atoms with Crippen LogP contribution in [-0.4, -0.2) is 8.42 Å². The lowest BCUT2D eigenvalue weighted by Crippen LogP contribution is -2.11. The molecule has 0 fully saturated rings. The Labute approximate surface area is 158 Å². The summed E-state index contributed by atoms with van der Waals surface area (Å²) >= 11 is 0. The third kappa shape index (κ3) is 4.73. The van der Waals surface area contributed by atoms with Crippen LogP contribution in [0.2, 0.25) is 0 Å². The van der Waals surface area contributed by atoms with Crippen molar-refractivity contribution in [2.45, 2.75) is 17.9 Å². The summed E-state index contributed by atoms with van der Waals surface area (Å²) in [5.74, 6) is 1.12. The van der Waals surface area contributed by atoms with Gasteiger partial charge in [-0.25, -0.2) is 4.18 Å². The topological polar surface area (TPSA) is 76.4 Å². The van der Waals surface area contributed by atoms with Crippen LogP contribution in [0.1, 0.15) is 17.2 Å². The van der Waals surface area contributed by atoms with E-state index in [-0.39, 0.29) is 4.90 Å². The van der Waals surface area contributed by atoms with Crippen molar-refractivity contribution < 1.29 is 17.3 Å². The standard InChI is InChI=1S/C21H17NO4S/c1-16-10-12-20(13-11-16)27(23,24)26-21(15-22)17-6-5-9-19(14-17)25-18-7-3-2-4-8-18/h2-14,21H,1H3. The summed E-state index contributed by atoms with van der Waals surface area (Å²) in [5.41, 5.74) is 1.32. The van der Waals surface area contributed by atoms with Gasteiger partial charge in [0, 0.05) is 5.56 Å². The molecule has 0 saturated carbocycles. The molecule has 0 saturated heterocycles. The first kappa shape index (κ1) is 18.6. The molecule has 0 bridgehead atoms. The van der Waals surface area contributed by atoms with Gasteiger partial charge < -0.3 is 4.74 Å². The van der Waals surface area contributed by atoms with Crippen molar-refractivity contribution in [2.75, 3.05) is 0 Å². The Balaban J connectivity index is 1.82. The first-order valence-corrected chi connectivity index (χ1v) is 9.61. The Kier molecular flexibility index (Phi) is 5.55. The zero-order valence-electron chi connectivity index (χ0n) is 14.6. The number of hydrogen-bond donors (Lipinski definition) is 0. The summed E-state index contributed by atoms with van der Waals surface area (Å²) in [6.07, 6.45) is -1.28. The molecule has 0 aliphatic carbocycles. The summed E-state index contributed by atoms with van der Waals surface area (Å²) in [7, 11) is -4.07. The van der Waals surface area contributed by atoms with Crippen molar-refractivity contribution in [3.8, 4) is 17.6 Å². The van der Waals surface area contributed by atoms with Crippen LogP contribution in [-0.2, 0) is 14.3 Å². The molecule has 3 aromatic rings. The minimum Gasteiger partial charge on any atom is -0.457 e. The van der Waals surface area contributed by atoms with Crippen molar-refractivity contribution in [1.82, 2.24) is 0 Å². The lowest BCUT2D eigenvalue weighted by molar-refractivity contribution is 0.267. The Hall–Kier alpha value is -3.14. The minimum absolute atomic E-state index is 0.00467. The molecule has 0 radical (unpaired) electrons. The molecule has 0 spiro atoms. The van der Waals surface area contributed by atoms with Crippen molar-refractivity contribution in [1.29, 1.82) is 5.26 Å². The van der Waals surface area contributed by atoms with Crippen molar-refractivity contribution in [2.24, 2.45) is 0 Å². The van der Waals surface area contributed by atoms with Crippen LogP contribution in [0, 0.1) is 18.3 Å². The Morgan fingerprint density at radius 1 is 0.889 bits per heavy atom. The number of hydrogen-bond acceptors (Lipinski definition) is 5. The second-order valence-corrected chi connectivity index (χ2v) is 7.43. The van der Waals surface area contributed by atoms with Crippen LogP contribution in [0.4, 0.5) is 0 Å². The van der Waals surface area contributed by atoms with Gasteiger partial charge in [-0.15, -0.1) is 0 Å². The highest BCUT2D eigenvalue weighted by atomic mass is 32.2. The van der Waals surface area contributed by atoms with Gasteiger partial charge in [-0.2, -0.15) is 13.7 Å². The van der Waals surface area contributed by atoms with Crippen molar-refractivity contribution >= 4 is 10.1 Å². The summed E-state index contributed by atoms with van der Waals surface area (Å²) in [4.78, 5) is 0.00467. The molecule has 5 nitrogen and oxygen atoms in total. The number of rotatable bonds is 6. The van der Waals surface area contributed by atoms with Crippen molar-refractivity contribution in [3.63, 3.8) is 0 Å². The van der Waals surface area contributed by atoms with E-state index in [1.807, 2.05) is 31.2 Å². The van der Waals surface area contributed by atoms with Gasteiger partial charge in [0.1, 0.15) is 17.6 Å². The maximum absolute atomic E-state index is 12.5. The molecule has 0 aliphatic heterocycles. The zero-order chi connectivity index (χ0) is 19.3. The fourth-order valence-corrected chi connectivity index (χ4v) is 3.39. The van der Waals surface area contributed by atoms with Gasteiger partial charge in [0.2, 0.25) is 0 Å². The summed E-state index contributed by atoms with van der Waals surface area (Å²) in [6.45, 7) is 1.85. The molecule has 136 valence electrons. The maximum atomic E-state index is 12.5. The van der Waals surface area contributed by atoms with E-state index >= 15 is 0 Å². The fourth-order valence-electron chi connectivity index (χ4n) is 2.40. The number of para-hydroxylation sites is 1. The number of nitriles is 1. The second-order valence-electron chi connectivity index (χ2n) is 5.86. The molecule has 0 aromatic heterocycles. The Morgan fingerprint density at radius 3 is 2.22 bits per heavy atom. The smallest absolute Gasteiger partial charge is 0.298 e. The average Bonchev–Trinajstić information content (AvgIpc) is 2.67. The maximum Gasteiger partial charge on any atom is 0.298 e.